The van der Waals surface area contributed by atoms with Crippen molar-refractivity contribution in [2.24, 2.45) is 28.6 Å². The number of halogens is 2. The first kappa shape index (κ1) is 24.3. The third-order valence-corrected chi connectivity index (χ3v) is 9.94. The monoisotopic (exact) mass is 485 g/mol. The van der Waals surface area contributed by atoms with Gasteiger partial charge in [-0.15, -0.1) is 0 Å². The summed E-state index contributed by atoms with van der Waals surface area (Å²) < 4.78 is 30.4. The molecule has 0 saturated heterocycles. The van der Waals surface area contributed by atoms with Crippen molar-refractivity contribution in [3.63, 3.8) is 0 Å². The van der Waals surface area contributed by atoms with Gasteiger partial charge in [-0.1, -0.05) is 37.6 Å². The largest absolute Gasteiger partial charge is 0.390 e. The number of hydrogen-bond donors (Lipinski definition) is 3. The van der Waals surface area contributed by atoms with Crippen LogP contribution in [0.2, 0.25) is 0 Å². The number of ketones is 1. The van der Waals surface area contributed by atoms with Gasteiger partial charge in [-0.2, -0.15) is 0 Å². The van der Waals surface area contributed by atoms with Crippen LogP contribution in [-0.4, -0.2) is 39.3 Å². The van der Waals surface area contributed by atoms with Crippen molar-refractivity contribution in [1.82, 2.24) is 5.32 Å². The number of fused-ring (bicyclic) bond motifs is 5. The van der Waals surface area contributed by atoms with Gasteiger partial charge < -0.3 is 15.5 Å². The minimum absolute atomic E-state index is 0.0693. The normalized spacial score (nSPS) is 44.2. The maximum atomic E-state index is 17.2. The molecule has 0 aliphatic heterocycles. The summed E-state index contributed by atoms with van der Waals surface area (Å²) in [4.78, 5) is 25.5. The van der Waals surface area contributed by atoms with Crippen molar-refractivity contribution in [3.8, 4) is 0 Å². The van der Waals surface area contributed by atoms with Crippen LogP contribution in [-0.2, 0) is 16.1 Å². The molecule has 0 aromatic heterocycles. The van der Waals surface area contributed by atoms with Gasteiger partial charge >= 0.3 is 0 Å². The number of aliphatic hydroxyl groups excluding tert-OH is 1. The summed E-state index contributed by atoms with van der Waals surface area (Å²) in [5.74, 6) is -2.44. The van der Waals surface area contributed by atoms with E-state index in [0.29, 0.717) is 30.4 Å². The van der Waals surface area contributed by atoms with Gasteiger partial charge in [0, 0.05) is 23.3 Å². The van der Waals surface area contributed by atoms with Gasteiger partial charge in [-0.3, -0.25) is 9.59 Å². The summed E-state index contributed by atoms with van der Waals surface area (Å²) in [6, 6.07) is 5.76. The standard InChI is InChI=1S/C28H33F2NO4/c1-16-12-22-21-9-6-18-13-20(32)10-11-25(18,2)27(21,30)23(33)14-26(22,3)28(16,35)24(34)31-15-17-4-7-19(29)8-5-17/h4-5,7-8,10-11,13,16,21-23,33,35H,6,9,12,14-15H2,1-3H3,(H,31,34)/t16-,21+,22+,23+,25+,26+,27+,28+/m1/s1. The second-order valence-corrected chi connectivity index (χ2v) is 11.5. The predicted octanol–water partition coefficient (Wildman–Crippen LogP) is 3.79. The molecule has 1 aromatic carbocycles. The van der Waals surface area contributed by atoms with Gasteiger partial charge in [0.15, 0.2) is 17.1 Å². The number of carbonyl (C=O) groups excluding carboxylic acids is 2. The molecule has 0 bridgehead atoms. The first-order valence-corrected chi connectivity index (χ1v) is 12.4. The number of allylic oxidation sites excluding steroid dienone is 4. The Bertz CT molecular complexity index is 1130. The van der Waals surface area contributed by atoms with Crippen molar-refractivity contribution in [2.75, 3.05) is 0 Å². The molecular weight excluding hydrogens is 452 g/mol. The number of alkyl halides is 1. The van der Waals surface area contributed by atoms with Gasteiger partial charge in [0.2, 0.25) is 0 Å². The number of hydrogen-bond acceptors (Lipinski definition) is 4. The summed E-state index contributed by atoms with van der Waals surface area (Å²) in [6.07, 6.45) is 4.42. The van der Waals surface area contributed by atoms with Crippen molar-refractivity contribution < 1.29 is 28.6 Å². The van der Waals surface area contributed by atoms with Crippen LogP contribution in [0, 0.1) is 34.4 Å². The van der Waals surface area contributed by atoms with Crippen LogP contribution < -0.4 is 5.32 Å². The van der Waals surface area contributed by atoms with Crippen molar-refractivity contribution in [1.29, 1.82) is 0 Å². The van der Waals surface area contributed by atoms with Crippen LogP contribution in [0.25, 0.3) is 0 Å². The quantitative estimate of drug-likeness (QED) is 0.608. The lowest BCUT2D eigenvalue weighted by molar-refractivity contribution is -0.219. The highest BCUT2D eigenvalue weighted by Crippen LogP contribution is 2.70. The molecule has 3 saturated carbocycles. The van der Waals surface area contributed by atoms with Crippen LogP contribution in [0.4, 0.5) is 8.78 Å². The Kier molecular flexibility index (Phi) is 5.43. The van der Waals surface area contributed by atoms with E-state index in [1.165, 1.54) is 24.3 Å². The Balaban J connectivity index is 1.47. The minimum atomic E-state index is -2.01. The zero-order chi connectivity index (χ0) is 25.4. The molecule has 7 heteroatoms. The lowest BCUT2D eigenvalue weighted by Gasteiger charge is -2.62. The second-order valence-electron chi connectivity index (χ2n) is 11.5. The van der Waals surface area contributed by atoms with E-state index in [0.717, 1.165) is 0 Å². The van der Waals surface area contributed by atoms with E-state index >= 15 is 4.39 Å². The highest BCUT2D eigenvalue weighted by Gasteiger charge is 2.75. The molecule has 5 nitrogen and oxygen atoms in total. The Morgan fingerprint density at radius 3 is 2.57 bits per heavy atom. The van der Waals surface area contributed by atoms with Crippen LogP contribution in [0.15, 0.2) is 48.1 Å². The highest BCUT2D eigenvalue weighted by atomic mass is 19.1. The fourth-order valence-electron chi connectivity index (χ4n) is 7.95. The first-order chi connectivity index (χ1) is 16.4. The van der Waals surface area contributed by atoms with Crippen molar-refractivity contribution in [3.05, 3.63) is 59.4 Å². The third kappa shape index (κ3) is 3.10. The Hall–Kier alpha value is -2.38. The maximum absolute atomic E-state index is 17.2. The molecule has 0 spiro atoms. The van der Waals surface area contributed by atoms with Crippen LogP contribution >= 0.6 is 0 Å². The van der Waals surface area contributed by atoms with E-state index in [1.54, 1.807) is 32.1 Å². The second kappa shape index (κ2) is 7.81. The number of benzene rings is 1. The summed E-state index contributed by atoms with van der Waals surface area (Å²) in [7, 11) is 0. The lowest BCUT2D eigenvalue weighted by Crippen LogP contribution is -2.70. The molecule has 0 heterocycles. The van der Waals surface area contributed by atoms with E-state index in [-0.39, 0.29) is 30.5 Å². The number of nitrogens with one attached hydrogen (secondary N) is 1. The summed E-state index contributed by atoms with van der Waals surface area (Å²) >= 11 is 0. The molecule has 188 valence electrons. The molecule has 35 heavy (non-hydrogen) atoms. The number of aliphatic hydroxyl groups is 2. The molecule has 4 aliphatic rings. The number of carbonyl (C=O) groups is 2. The maximum Gasteiger partial charge on any atom is 0.253 e. The molecule has 1 amide bonds. The molecular formula is C28H33F2NO4. The number of amides is 1. The van der Waals surface area contributed by atoms with Crippen molar-refractivity contribution in [2.45, 2.75) is 70.4 Å². The van der Waals surface area contributed by atoms with Crippen LogP contribution in [0.5, 0.6) is 0 Å². The van der Waals surface area contributed by atoms with E-state index in [1.807, 2.05) is 6.92 Å². The zero-order valence-corrected chi connectivity index (χ0v) is 20.4. The lowest BCUT2D eigenvalue weighted by atomic mass is 9.44. The fourth-order valence-corrected chi connectivity index (χ4v) is 7.95. The van der Waals surface area contributed by atoms with Crippen molar-refractivity contribution >= 4 is 11.7 Å². The highest BCUT2D eigenvalue weighted by molar-refractivity contribution is 6.01. The van der Waals surface area contributed by atoms with Gasteiger partial charge in [0.1, 0.15) is 5.82 Å². The molecule has 0 unspecified atom stereocenters. The molecule has 3 fully saturated rings. The molecule has 3 N–H and O–H groups in total. The third-order valence-electron chi connectivity index (χ3n) is 9.94. The predicted molar refractivity (Wildman–Crippen MR) is 126 cm³/mol. The average Bonchev–Trinajstić information content (AvgIpc) is 3.01. The fraction of sp³-hybridized carbons (Fsp3) is 0.571. The summed E-state index contributed by atoms with van der Waals surface area (Å²) in [5.41, 5.74) is -4.56. The average molecular weight is 486 g/mol. The topological polar surface area (TPSA) is 86.6 Å². The zero-order valence-electron chi connectivity index (χ0n) is 20.4. The van der Waals surface area contributed by atoms with Gasteiger partial charge in [-0.05, 0) is 74.3 Å². The summed E-state index contributed by atoms with van der Waals surface area (Å²) in [6.45, 7) is 5.48. The smallest absolute Gasteiger partial charge is 0.253 e. The first-order valence-electron chi connectivity index (χ1n) is 12.4. The van der Waals surface area contributed by atoms with Gasteiger partial charge in [-0.25, -0.2) is 8.78 Å². The van der Waals surface area contributed by atoms with E-state index in [2.05, 4.69) is 5.32 Å². The summed E-state index contributed by atoms with van der Waals surface area (Å²) in [5, 5.41) is 26.1. The van der Waals surface area contributed by atoms with Crippen LogP contribution in [0.3, 0.4) is 0 Å². The molecule has 4 aliphatic carbocycles. The van der Waals surface area contributed by atoms with E-state index in [9.17, 15) is 24.2 Å². The van der Waals surface area contributed by atoms with Crippen LogP contribution in [0.1, 0.15) is 52.0 Å². The van der Waals surface area contributed by atoms with Gasteiger partial charge in [0.25, 0.3) is 5.91 Å². The molecule has 0 radical (unpaired) electrons. The Labute approximate surface area is 204 Å². The molecule has 8 atom stereocenters. The number of rotatable bonds is 3. The molecule has 1 aromatic rings. The SMILES string of the molecule is C[C@@H]1C[C@H]2[C@@H]3CCC4=CC(=O)C=C[C@]4(C)[C@@]3(F)[C@@H](O)C[C@]2(C)[C@@]1(O)C(=O)NCc1ccc(F)cc1. The Morgan fingerprint density at radius 1 is 1.20 bits per heavy atom. The van der Waals surface area contributed by atoms with E-state index in [4.69, 9.17) is 0 Å². The van der Waals surface area contributed by atoms with E-state index < -0.39 is 45.9 Å². The van der Waals surface area contributed by atoms with Gasteiger partial charge in [0.05, 0.1) is 6.10 Å². The Morgan fingerprint density at radius 2 is 1.89 bits per heavy atom. The minimum Gasteiger partial charge on any atom is -0.390 e. The molecule has 5 rings (SSSR count).